The Bertz CT molecular complexity index is 471. The van der Waals surface area contributed by atoms with Gasteiger partial charge in [-0.25, -0.2) is 10.2 Å². The van der Waals surface area contributed by atoms with Crippen molar-refractivity contribution in [2.75, 3.05) is 7.11 Å². The van der Waals surface area contributed by atoms with E-state index in [-0.39, 0.29) is 11.7 Å². The van der Waals surface area contributed by atoms with Gasteiger partial charge in [0.25, 0.3) is 0 Å². The summed E-state index contributed by atoms with van der Waals surface area (Å²) >= 11 is 0. The fraction of sp³-hybridized carbons (Fsp3) is 0.500. The fourth-order valence-electron chi connectivity index (χ4n) is 2.97. The molecule has 3 N–H and O–H groups in total. The number of nitrogens with one attached hydrogen (secondary N) is 1. The third-order valence-corrected chi connectivity index (χ3v) is 3.95. The Balaban J connectivity index is 2.54. The van der Waals surface area contributed by atoms with Crippen LogP contribution in [0.2, 0.25) is 0 Å². The summed E-state index contributed by atoms with van der Waals surface area (Å²) in [4.78, 5) is 12.3. The first kappa shape index (κ1) is 13.8. The number of methoxy groups -OCH3 is 1. The topological polar surface area (TPSA) is 64.3 Å². The van der Waals surface area contributed by atoms with Gasteiger partial charge in [-0.15, -0.1) is 0 Å². The van der Waals surface area contributed by atoms with Crippen LogP contribution in [0.15, 0.2) is 18.2 Å². The number of amides is 1. The minimum absolute atomic E-state index is 0.267. The van der Waals surface area contributed by atoms with Crippen molar-refractivity contribution >= 4 is 5.91 Å². The first-order valence-corrected chi connectivity index (χ1v) is 6.49. The van der Waals surface area contributed by atoms with Gasteiger partial charge in [-0.1, -0.05) is 19.3 Å². The normalized spacial score (nSPS) is 17.8. The zero-order valence-electron chi connectivity index (χ0n) is 11.0. The Morgan fingerprint density at radius 3 is 2.63 bits per heavy atom. The molecule has 0 atom stereocenters. The number of rotatable bonds is 3. The summed E-state index contributed by atoms with van der Waals surface area (Å²) in [5.41, 5.74) is 2.05. The molecular formula is C14H19FN2O2. The Kier molecular flexibility index (Phi) is 4.04. The quantitative estimate of drug-likeness (QED) is 0.500. The largest absolute Gasteiger partial charge is 0.496 e. The maximum Gasteiger partial charge on any atom is 0.244 e. The van der Waals surface area contributed by atoms with Gasteiger partial charge in [-0.2, -0.15) is 0 Å². The van der Waals surface area contributed by atoms with Crippen LogP contribution < -0.4 is 16.0 Å². The smallest absolute Gasteiger partial charge is 0.244 e. The molecule has 1 aromatic carbocycles. The van der Waals surface area contributed by atoms with Gasteiger partial charge < -0.3 is 4.74 Å². The molecule has 4 nitrogen and oxygen atoms in total. The lowest BCUT2D eigenvalue weighted by molar-refractivity contribution is -0.128. The highest BCUT2D eigenvalue weighted by atomic mass is 19.1. The van der Waals surface area contributed by atoms with Crippen LogP contribution >= 0.6 is 0 Å². The van der Waals surface area contributed by atoms with E-state index in [1.807, 2.05) is 0 Å². The van der Waals surface area contributed by atoms with Gasteiger partial charge in [0.05, 0.1) is 12.5 Å². The summed E-state index contributed by atoms with van der Waals surface area (Å²) in [6, 6.07) is 4.28. The number of benzene rings is 1. The predicted molar refractivity (Wildman–Crippen MR) is 70.0 cm³/mol. The Morgan fingerprint density at radius 1 is 1.37 bits per heavy atom. The second-order valence-electron chi connectivity index (χ2n) is 4.96. The van der Waals surface area contributed by atoms with Crippen molar-refractivity contribution in [1.82, 2.24) is 5.43 Å². The highest BCUT2D eigenvalue weighted by Crippen LogP contribution is 2.43. The molecule has 0 unspecified atom stereocenters. The predicted octanol–water partition coefficient (Wildman–Crippen LogP) is 2.03. The Morgan fingerprint density at radius 2 is 2.05 bits per heavy atom. The Labute approximate surface area is 112 Å². The average molecular weight is 266 g/mol. The van der Waals surface area contributed by atoms with Crippen LogP contribution in [0.5, 0.6) is 5.75 Å². The van der Waals surface area contributed by atoms with Crippen LogP contribution in [-0.2, 0) is 10.2 Å². The van der Waals surface area contributed by atoms with Gasteiger partial charge in [0.15, 0.2) is 0 Å². The summed E-state index contributed by atoms with van der Waals surface area (Å²) in [5.74, 6) is 5.22. The third-order valence-electron chi connectivity index (χ3n) is 3.95. The zero-order chi connectivity index (χ0) is 13.9. The maximum absolute atomic E-state index is 13.6. The molecule has 1 aliphatic carbocycles. The van der Waals surface area contributed by atoms with Crippen LogP contribution in [0.3, 0.4) is 0 Å². The summed E-state index contributed by atoms with van der Waals surface area (Å²) in [6.45, 7) is 0. The van der Waals surface area contributed by atoms with Gasteiger partial charge in [-0.05, 0) is 31.0 Å². The van der Waals surface area contributed by atoms with E-state index >= 15 is 0 Å². The lowest BCUT2D eigenvalue weighted by Crippen LogP contribution is -2.48. The molecule has 1 fully saturated rings. The van der Waals surface area contributed by atoms with E-state index in [0.29, 0.717) is 24.2 Å². The van der Waals surface area contributed by atoms with Crippen LogP contribution in [0.25, 0.3) is 0 Å². The van der Waals surface area contributed by atoms with Crippen LogP contribution in [-0.4, -0.2) is 13.0 Å². The number of nitrogens with two attached hydrogens (primary N) is 1. The minimum Gasteiger partial charge on any atom is -0.496 e. The molecule has 19 heavy (non-hydrogen) atoms. The number of carbonyl (C=O) groups is 1. The summed E-state index contributed by atoms with van der Waals surface area (Å²) in [6.07, 6.45) is 4.25. The van der Waals surface area contributed by atoms with Gasteiger partial charge in [0.1, 0.15) is 11.6 Å². The van der Waals surface area contributed by atoms with Crippen molar-refractivity contribution in [3.05, 3.63) is 29.6 Å². The Hall–Kier alpha value is -1.62. The molecule has 2 rings (SSSR count). The SMILES string of the molecule is COc1ccc(F)cc1C1(C(=O)NN)CCCCC1. The molecule has 0 aromatic heterocycles. The van der Waals surface area contributed by atoms with E-state index in [9.17, 15) is 9.18 Å². The number of ether oxygens (including phenoxy) is 1. The van der Waals surface area contributed by atoms with Crippen molar-refractivity contribution < 1.29 is 13.9 Å². The average Bonchev–Trinajstić information content (AvgIpc) is 2.47. The van der Waals surface area contributed by atoms with Crippen molar-refractivity contribution in [3.8, 4) is 5.75 Å². The minimum atomic E-state index is -0.777. The number of carbonyl (C=O) groups excluding carboxylic acids is 1. The van der Waals surface area contributed by atoms with E-state index in [2.05, 4.69) is 5.43 Å². The first-order chi connectivity index (χ1) is 9.14. The molecule has 0 radical (unpaired) electrons. The first-order valence-electron chi connectivity index (χ1n) is 6.49. The molecule has 0 saturated heterocycles. The van der Waals surface area contributed by atoms with Crippen molar-refractivity contribution in [3.63, 3.8) is 0 Å². The van der Waals surface area contributed by atoms with Crippen LogP contribution in [0.4, 0.5) is 4.39 Å². The van der Waals surface area contributed by atoms with Crippen LogP contribution in [0.1, 0.15) is 37.7 Å². The highest BCUT2D eigenvalue weighted by Gasteiger charge is 2.43. The molecule has 0 aliphatic heterocycles. The van der Waals surface area contributed by atoms with E-state index in [0.717, 1.165) is 19.3 Å². The maximum atomic E-state index is 13.6. The highest BCUT2D eigenvalue weighted by molar-refractivity contribution is 5.88. The number of hydrogen-bond donors (Lipinski definition) is 2. The van der Waals surface area contributed by atoms with Gasteiger partial charge in [0, 0.05) is 5.56 Å². The van der Waals surface area contributed by atoms with Crippen molar-refractivity contribution in [2.24, 2.45) is 5.84 Å². The molecule has 1 aliphatic rings. The second-order valence-corrected chi connectivity index (χ2v) is 4.96. The summed E-state index contributed by atoms with van der Waals surface area (Å²) < 4.78 is 18.8. The molecule has 104 valence electrons. The molecule has 1 amide bonds. The molecular weight excluding hydrogens is 247 g/mol. The van der Waals surface area contributed by atoms with E-state index < -0.39 is 5.41 Å². The van der Waals surface area contributed by atoms with Gasteiger partial charge >= 0.3 is 0 Å². The number of hydrazine groups is 1. The van der Waals surface area contributed by atoms with Crippen molar-refractivity contribution in [1.29, 1.82) is 0 Å². The molecule has 5 heteroatoms. The standard InChI is InChI=1S/C14H19FN2O2/c1-19-12-6-5-10(15)9-11(12)14(13(18)17-16)7-3-2-4-8-14/h5-6,9H,2-4,7-8,16H2,1H3,(H,17,18). The zero-order valence-corrected chi connectivity index (χ0v) is 11.0. The van der Waals surface area contributed by atoms with Gasteiger partial charge in [0.2, 0.25) is 5.91 Å². The van der Waals surface area contributed by atoms with E-state index in [4.69, 9.17) is 10.6 Å². The monoisotopic (exact) mass is 266 g/mol. The summed E-state index contributed by atoms with van der Waals surface area (Å²) in [5, 5.41) is 0. The van der Waals surface area contributed by atoms with Crippen molar-refractivity contribution in [2.45, 2.75) is 37.5 Å². The van der Waals surface area contributed by atoms with E-state index in [1.54, 1.807) is 6.07 Å². The van der Waals surface area contributed by atoms with E-state index in [1.165, 1.54) is 19.2 Å². The molecule has 0 bridgehead atoms. The molecule has 0 spiro atoms. The molecule has 0 heterocycles. The number of hydrogen-bond acceptors (Lipinski definition) is 3. The number of halogens is 1. The summed E-state index contributed by atoms with van der Waals surface area (Å²) in [7, 11) is 1.52. The molecule has 1 saturated carbocycles. The van der Waals surface area contributed by atoms with Gasteiger partial charge in [-0.3, -0.25) is 10.2 Å². The lowest BCUT2D eigenvalue weighted by atomic mass is 9.68. The fourth-order valence-corrected chi connectivity index (χ4v) is 2.97. The molecule has 1 aromatic rings. The van der Waals surface area contributed by atoms with Crippen LogP contribution in [0, 0.1) is 5.82 Å². The lowest BCUT2D eigenvalue weighted by Gasteiger charge is -2.36. The second kappa shape index (κ2) is 5.57. The third kappa shape index (κ3) is 2.42.